The predicted octanol–water partition coefficient (Wildman–Crippen LogP) is 2.26. The molecule has 0 spiro atoms. The smallest absolute Gasteiger partial charge is 0.243 e. The zero-order valence-corrected chi connectivity index (χ0v) is 13.3. The molecule has 1 aliphatic carbocycles. The largest absolute Gasteiger partial charge is 0.326 e. The van der Waals surface area contributed by atoms with Crippen LogP contribution in [0.15, 0.2) is 23.1 Å². The molecule has 0 bridgehead atoms. The molecule has 1 aliphatic rings. The Morgan fingerprint density at radius 1 is 1.35 bits per heavy atom. The third kappa shape index (κ3) is 3.05. The normalized spacial score (nSPS) is 16.1. The minimum atomic E-state index is -3.42. The van der Waals surface area contributed by atoms with E-state index in [-0.39, 0.29) is 6.04 Å². The van der Waals surface area contributed by atoms with Crippen molar-refractivity contribution in [1.29, 1.82) is 0 Å². The minimum absolute atomic E-state index is 0.184. The molecule has 0 aliphatic heterocycles. The monoisotopic (exact) mass is 296 g/mol. The van der Waals surface area contributed by atoms with E-state index in [0.29, 0.717) is 23.9 Å². The summed E-state index contributed by atoms with van der Waals surface area (Å²) in [6.45, 7) is 6.89. The molecular formula is C15H24N2O2S. The summed E-state index contributed by atoms with van der Waals surface area (Å²) in [7, 11) is -3.42. The maximum Gasteiger partial charge on any atom is 0.243 e. The molecule has 0 saturated heterocycles. The summed E-state index contributed by atoms with van der Waals surface area (Å²) in [5, 5.41) is 0. The molecule has 0 atom stereocenters. The van der Waals surface area contributed by atoms with Gasteiger partial charge >= 0.3 is 0 Å². The van der Waals surface area contributed by atoms with Gasteiger partial charge in [0.2, 0.25) is 10.0 Å². The van der Waals surface area contributed by atoms with Crippen molar-refractivity contribution < 1.29 is 8.42 Å². The maximum absolute atomic E-state index is 12.9. The first-order chi connectivity index (χ1) is 9.37. The number of sulfonamides is 1. The van der Waals surface area contributed by atoms with Crippen molar-refractivity contribution in [3.05, 3.63) is 29.3 Å². The Morgan fingerprint density at radius 3 is 2.50 bits per heavy atom. The van der Waals surface area contributed by atoms with Gasteiger partial charge in [-0.25, -0.2) is 8.42 Å². The van der Waals surface area contributed by atoms with E-state index in [0.717, 1.165) is 24.0 Å². The first-order valence-corrected chi connectivity index (χ1v) is 8.62. The van der Waals surface area contributed by atoms with Crippen LogP contribution in [0.1, 0.15) is 37.8 Å². The zero-order valence-electron chi connectivity index (χ0n) is 12.5. The summed E-state index contributed by atoms with van der Waals surface area (Å²) in [5.41, 5.74) is 7.36. The van der Waals surface area contributed by atoms with Crippen LogP contribution in [0.3, 0.4) is 0 Å². The van der Waals surface area contributed by atoms with E-state index in [1.165, 1.54) is 0 Å². The summed E-state index contributed by atoms with van der Waals surface area (Å²) in [5.74, 6) is 0.323. The number of nitrogens with two attached hydrogens (primary N) is 1. The van der Waals surface area contributed by atoms with Gasteiger partial charge in [-0.1, -0.05) is 26.0 Å². The molecule has 0 radical (unpaired) electrons. The average Bonchev–Trinajstić information content (AvgIpc) is 3.19. The molecule has 0 amide bonds. The Kier molecular flexibility index (Phi) is 4.52. The van der Waals surface area contributed by atoms with E-state index in [9.17, 15) is 8.42 Å². The number of hydrogen-bond acceptors (Lipinski definition) is 3. The molecule has 2 rings (SSSR count). The number of nitrogens with zero attached hydrogens (tertiary/aromatic N) is 1. The van der Waals surface area contributed by atoms with Crippen molar-refractivity contribution in [2.24, 2.45) is 11.7 Å². The van der Waals surface area contributed by atoms with Gasteiger partial charge in [0, 0.05) is 19.1 Å². The molecule has 2 N–H and O–H groups in total. The molecule has 0 heterocycles. The second-order valence-corrected chi connectivity index (χ2v) is 7.80. The highest BCUT2D eigenvalue weighted by atomic mass is 32.2. The fraction of sp³-hybridized carbons (Fsp3) is 0.600. The Hall–Kier alpha value is -0.910. The number of hydrogen-bond donors (Lipinski definition) is 1. The Bertz CT molecular complexity index is 578. The van der Waals surface area contributed by atoms with Crippen LogP contribution in [-0.4, -0.2) is 25.3 Å². The van der Waals surface area contributed by atoms with Gasteiger partial charge in [-0.3, -0.25) is 0 Å². The van der Waals surface area contributed by atoms with E-state index >= 15 is 0 Å². The average molecular weight is 296 g/mol. The van der Waals surface area contributed by atoms with Gasteiger partial charge in [0.1, 0.15) is 0 Å². The highest BCUT2D eigenvalue weighted by molar-refractivity contribution is 7.89. The first-order valence-electron chi connectivity index (χ1n) is 7.18. The molecular weight excluding hydrogens is 272 g/mol. The van der Waals surface area contributed by atoms with Crippen molar-refractivity contribution in [3.8, 4) is 0 Å². The Balaban J connectivity index is 2.42. The lowest BCUT2D eigenvalue weighted by molar-refractivity contribution is 0.360. The molecule has 1 aromatic rings. The van der Waals surface area contributed by atoms with Crippen LogP contribution in [0.25, 0.3) is 0 Å². The maximum atomic E-state index is 12.9. The van der Waals surface area contributed by atoms with Crippen LogP contribution in [0.5, 0.6) is 0 Å². The minimum Gasteiger partial charge on any atom is -0.326 e. The molecule has 0 aromatic heterocycles. The van der Waals surface area contributed by atoms with Gasteiger partial charge in [-0.05, 0) is 42.9 Å². The summed E-state index contributed by atoms with van der Waals surface area (Å²) < 4.78 is 27.5. The van der Waals surface area contributed by atoms with Crippen LogP contribution in [0.4, 0.5) is 0 Å². The lowest BCUT2D eigenvalue weighted by Crippen LogP contribution is -2.36. The quantitative estimate of drug-likeness (QED) is 0.876. The van der Waals surface area contributed by atoms with Crippen LogP contribution in [0.2, 0.25) is 0 Å². The summed E-state index contributed by atoms with van der Waals surface area (Å²) in [6.07, 6.45) is 1.95. The number of benzene rings is 1. The van der Waals surface area contributed by atoms with Crippen molar-refractivity contribution in [3.63, 3.8) is 0 Å². The van der Waals surface area contributed by atoms with Crippen molar-refractivity contribution in [2.45, 2.75) is 51.1 Å². The third-order valence-corrected chi connectivity index (χ3v) is 5.76. The van der Waals surface area contributed by atoms with Gasteiger partial charge in [0.15, 0.2) is 0 Å². The second-order valence-electron chi connectivity index (χ2n) is 5.94. The first kappa shape index (κ1) is 15.5. The third-order valence-electron chi connectivity index (χ3n) is 3.70. The molecule has 1 aromatic carbocycles. The van der Waals surface area contributed by atoms with E-state index < -0.39 is 10.0 Å². The van der Waals surface area contributed by atoms with Crippen molar-refractivity contribution >= 4 is 10.0 Å². The van der Waals surface area contributed by atoms with Gasteiger partial charge < -0.3 is 5.73 Å². The lowest BCUT2D eigenvalue weighted by atomic mass is 10.1. The van der Waals surface area contributed by atoms with Gasteiger partial charge in [-0.2, -0.15) is 4.31 Å². The predicted molar refractivity (Wildman–Crippen MR) is 80.8 cm³/mol. The zero-order chi connectivity index (χ0) is 14.9. The molecule has 1 fully saturated rings. The topological polar surface area (TPSA) is 63.4 Å². The van der Waals surface area contributed by atoms with E-state index in [1.807, 2.05) is 26.8 Å². The van der Waals surface area contributed by atoms with Crippen molar-refractivity contribution in [2.75, 3.05) is 6.54 Å². The second kappa shape index (κ2) is 5.84. The molecule has 1 saturated carbocycles. The lowest BCUT2D eigenvalue weighted by Gasteiger charge is -2.25. The molecule has 112 valence electrons. The fourth-order valence-corrected chi connectivity index (χ4v) is 4.57. The summed E-state index contributed by atoms with van der Waals surface area (Å²) >= 11 is 0. The molecule has 20 heavy (non-hydrogen) atoms. The molecule has 5 heteroatoms. The SMILES string of the molecule is Cc1c(CN)cccc1S(=O)(=O)N(CC(C)C)C1CC1. The van der Waals surface area contributed by atoms with Crippen LogP contribution in [-0.2, 0) is 16.6 Å². The molecule has 0 unspecified atom stereocenters. The summed E-state index contributed by atoms with van der Waals surface area (Å²) in [6, 6.07) is 5.55. The highest BCUT2D eigenvalue weighted by Crippen LogP contribution is 2.34. The van der Waals surface area contributed by atoms with Gasteiger partial charge in [-0.15, -0.1) is 0 Å². The van der Waals surface area contributed by atoms with E-state index in [2.05, 4.69) is 0 Å². The van der Waals surface area contributed by atoms with Gasteiger partial charge in [0.05, 0.1) is 4.90 Å². The van der Waals surface area contributed by atoms with Gasteiger partial charge in [0.25, 0.3) is 0 Å². The fourth-order valence-electron chi connectivity index (χ4n) is 2.45. The Morgan fingerprint density at radius 2 is 2.00 bits per heavy atom. The van der Waals surface area contributed by atoms with Crippen LogP contribution >= 0.6 is 0 Å². The van der Waals surface area contributed by atoms with Crippen LogP contribution < -0.4 is 5.73 Å². The van der Waals surface area contributed by atoms with E-state index in [4.69, 9.17) is 5.73 Å². The van der Waals surface area contributed by atoms with Crippen LogP contribution in [0, 0.1) is 12.8 Å². The summed E-state index contributed by atoms with van der Waals surface area (Å²) in [4.78, 5) is 0.410. The number of rotatable bonds is 6. The van der Waals surface area contributed by atoms with Crippen molar-refractivity contribution in [1.82, 2.24) is 4.31 Å². The Labute approximate surface area is 122 Å². The molecule has 4 nitrogen and oxygen atoms in total. The highest BCUT2D eigenvalue weighted by Gasteiger charge is 2.38. The standard InChI is InChI=1S/C15H24N2O2S/c1-11(2)10-17(14-7-8-14)20(18,19)15-6-4-5-13(9-16)12(15)3/h4-6,11,14H,7-10,16H2,1-3H3. The van der Waals surface area contributed by atoms with E-state index in [1.54, 1.807) is 16.4 Å².